The summed E-state index contributed by atoms with van der Waals surface area (Å²) in [5, 5.41) is 9.44. The van der Waals surface area contributed by atoms with Crippen molar-refractivity contribution in [2.45, 2.75) is 51.0 Å². The summed E-state index contributed by atoms with van der Waals surface area (Å²) in [6, 6.07) is 11.6. The largest absolute Gasteiger partial charge is 0.489 e. The minimum Gasteiger partial charge on any atom is -0.489 e. The quantitative estimate of drug-likeness (QED) is 0.713. The minimum absolute atomic E-state index is 0.172. The molecule has 1 aliphatic heterocycles. The number of ether oxygens (including phenoxy) is 1. The highest BCUT2D eigenvalue weighted by Crippen LogP contribution is 2.51. The van der Waals surface area contributed by atoms with Crippen molar-refractivity contribution in [1.29, 1.82) is 0 Å². The normalized spacial score (nSPS) is 22.7. The molecule has 2 aromatic rings. The van der Waals surface area contributed by atoms with E-state index in [2.05, 4.69) is 17.0 Å². The summed E-state index contributed by atoms with van der Waals surface area (Å²) in [6.07, 6.45) is 5.99. The van der Waals surface area contributed by atoms with Crippen LogP contribution in [0.3, 0.4) is 0 Å². The average molecular weight is 422 g/mol. The lowest BCUT2D eigenvalue weighted by Crippen LogP contribution is -2.58. The maximum atomic E-state index is 14.4. The highest BCUT2D eigenvalue weighted by molar-refractivity contribution is 5.78. The van der Waals surface area contributed by atoms with Crippen molar-refractivity contribution in [3.05, 3.63) is 64.5 Å². The molecule has 0 radical (unpaired) electrons. The summed E-state index contributed by atoms with van der Waals surface area (Å²) in [5.74, 6) is 0.491. The van der Waals surface area contributed by atoms with E-state index in [0.717, 1.165) is 62.9 Å². The van der Waals surface area contributed by atoms with E-state index in [1.165, 1.54) is 17.2 Å². The molecule has 0 aromatic heterocycles. The Kier molecular flexibility index (Phi) is 4.23. The van der Waals surface area contributed by atoms with Gasteiger partial charge in [-0.15, -0.1) is 0 Å². The molecule has 1 saturated heterocycles. The van der Waals surface area contributed by atoms with E-state index >= 15 is 0 Å². The minimum atomic E-state index is -0.635. The van der Waals surface area contributed by atoms with E-state index in [0.29, 0.717) is 18.0 Å². The predicted octanol–water partition coefficient (Wildman–Crippen LogP) is 4.55. The zero-order chi connectivity index (χ0) is 21.2. The number of carboxylic acids is 1. The molecule has 3 fully saturated rings. The lowest BCUT2D eigenvalue weighted by Gasteiger charge is -2.49. The third kappa shape index (κ3) is 3.43. The van der Waals surface area contributed by atoms with Crippen LogP contribution in [0.2, 0.25) is 0 Å². The van der Waals surface area contributed by atoms with Gasteiger partial charge in [-0.1, -0.05) is 18.2 Å². The Morgan fingerprint density at radius 3 is 2.61 bits per heavy atom. The van der Waals surface area contributed by atoms with Crippen LogP contribution >= 0.6 is 0 Å². The first kappa shape index (κ1) is 19.3. The van der Waals surface area contributed by atoms with Crippen LogP contribution < -0.4 is 4.74 Å². The highest BCUT2D eigenvalue weighted by atomic mass is 19.1. The monoisotopic (exact) mass is 421 g/mol. The predicted molar refractivity (Wildman–Crippen MR) is 115 cm³/mol. The van der Waals surface area contributed by atoms with Crippen LogP contribution in [-0.4, -0.2) is 35.6 Å². The van der Waals surface area contributed by atoms with Crippen molar-refractivity contribution in [2.75, 3.05) is 19.6 Å². The lowest BCUT2D eigenvalue weighted by molar-refractivity contribution is -0.145. The number of carboxylic acid groups (broad SMARTS) is 1. The number of rotatable bonds is 7. The summed E-state index contributed by atoms with van der Waals surface area (Å²) in [7, 11) is 0. The molecule has 4 aliphatic rings. The number of carbonyl (C=O) groups is 1. The first-order chi connectivity index (χ1) is 15.0. The molecule has 2 saturated carbocycles. The van der Waals surface area contributed by atoms with Crippen LogP contribution in [0.15, 0.2) is 36.4 Å². The maximum absolute atomic E-state index is 14.4. The van der Waals surface area contributed by atoms with Crippen molar-refractivity contribution in [3.63, 3.8) is 0 Å². The molecule has 5 heteroatoms. The molecule has 0 bridgehead atoms. The van der Waals surface area contributed by atoms with Crippen LogP contribution in [-0.2, 0) is 24.2 Å². The maximum Gasteiger partial charge on any atom is 0.310 e. The molecule has 6 rings (SSSR count). The van der Waals surface area contributed by atoms with E-state index in [1.54, 1.807) is 6.07 Å². The number of benzene rings is 2. The van der Waals surface area contributed by atoms with Gasteiger partial charge in [-0.05, 0) is 79.3 Å². The zero-order valence-electron chi connectivity index (χ0n) is 17.7. The second-order valence-corrected chi connectivity index (χ2v) is 10.4. The number of fused-ring (bicyclic) bond motifs is 1. The summed E-state index contributed by atoms with van der Waals surface area (Å²) in [4.78, 5) is 13.8. The van der Waals surface area contributed by atoms with E-state index in [1.807, 2.05) is 12.1 Å². The van der Waals surface area contributed by atoms with Gasteiger partial charge in [0, 0.05) is 30.6 Å². The van der Waals surface area contributed by atoms with Crippen molar-refractivity contribution in [1.82, 2.24) is 4.90 Å². The molecular formula is C26H28FNO3. The average Bonchev–Trinajstić information content (AvgIpc) is 3.63. The molecule has 0 atom stereocenters. The van der Waals surface area contributed by atoms with Gasteiger partial charge in [-0.2, -0.15) is 0 Å². The van der Waals surface area contributed by atoms with Gasteiger partial charge < -0.3 is 14.7 Å². The molecular weight excluding hydrogens is 393 g/mol. The molecule has 4 nitrogen and oxygen atoms in total. The van der Waals surface area contributed by atoms with Gasteiger partial charge in [0.25, 0.3) is 0 Å². The Morgan fingerprint density at radius 2 is 1.90 bits per heavy atom. The molecule has 31 heavy (non-hydrogen) atoms. The smallest absolute Gasteiger partial charge is 0.310 e. The number of halogens is 1. The molecule has 1 heterocycles. The van der Waals surface area contributed by atoms with Gasteiger partial charge in [0.05, 0.1) is 5.41 Å². The number of aliphatic carboxylic acids is 1. The fourth-order valence-electron chi connectivity index (χ4n) is 5.82. The number of nitrogens with zero attached hydrogens (tertiary/aromatic N) is 1. The Hall–Kier alpha value is -2.40. The second-order valence-electron chi connectivity index (χ2n) is 10.4. The SMILES string of the molecule is O=C(O)C1(CN2CC3(Cc4ccc(OCc5c(F)cccc5C5CC5)cc4C3)C2)CC1. The number of hydrogen-bond donors (Lipinski definition) is 1. The Morgan fingerprint density at radius 1 is 1.13 bits per heavy atom. The summed E-state index contributed by atoms with van der Waals surface area (Å²) < 4.78 is 20.4. The van der Waals surface area contributed by atoms with Crippen LogP contribution in [0.25, 0.3) is 0 Å². The lowest BCUT2D eigenvalue weighted by atomic mass is 9.76. The van der Waals surface area contributed by atoms with Gasteiger partial charge in [-0.3, -0.25) is 4.79 Å². The summed E-state index contributed by atoms with van der Waals surface area (Å²) in [5.41, 5.74) is 4.28. The molecule has 1 N–H and O–H groups in total. The molecule has 0 unspecified atom stereocenters. The number of likely N-dealkylation sites (tertiary alicyclic amines) is 1. The van der Waals surface area contributed by atoms with Crippen LogP contribution in [0.1, 0.15) is 53.9 Å². The van der Waals surface area contributed by atoms with Gasteiger partial charge in [0.1, 0.15) is 18.2 Å². The Labute approximate surface area is 182 Å². The van der Waals surface area contributed by atoms with Gasteiger partial charge in [-0.25, -0.2) is 4.39 Å². The third-order valence-electron chi connectivity index (χ3n) is 7.82. The first-order valence-electron chi connectivity index (χ1n) is 11.4. The third-order valence-corrected chi connectivity index (χ3v) is 7.82. The number of hydrogen-bond acceptors (Lipinski definition) is 3. The molecule has 162 valence electrons. The van der Waals surface area contributed by atoms with Gasteiger partial charge >= 0.3 is 5.97 Å². The fourth-order valence-corrected chi connectivity index (χ4v) is 5.82. The van der Waals surface area contributed by atoms with E-state index in [9.17, 15) is 14.3 Å². The van der Waals surface area contributed by atoms with E-state index in [-0.39, 0.29) is 17.8 Å². The molecule has 2 aromatic carbocycles. The van der Waals surface area contributed by atoms with Crippen molar-refractivity contribution in [3.8, 4) is 5.75 Å². The molecule has 3 aliphatic carbocycles. The Balaban J connectivity index is 1.10. The van der Waals surface area contributed by atoms with E-state index < -0.39 is 11.4 Å². The van der Waals surface area contributed by atoms with Crippen molar-refractivity contribution < 1.29 is 19.0 Å². The fraction of sp³-hybridized carbons (Fsp3) is 0.500. The van der Waals surface area contributed by atoms with Crippen molar-refractivity contribution in [2.24, 2.45) is 10.8 Å². The van der Waals surface area contributed by atoms with E-state index in [4.69, 9.17) is 4.74 Å². The zero-order valence-corrected chi connectivity index (χ0v) is 17.7. The van der Waals surface area contributed by atoms with Gasteiger partial charge in [0.15, 0.2) is 0 Å². The summed E-state index contributed by atoms with van der Waals surface area (Å²) >= 11 is 0. The highest BCUT2D eigenvalue weighted by Gasteiger charge is 2.55. The molecule has 1 spiro atoms. The van der Waals surface area contributed by atoms with Gasteiger partial charge in [0.2, 0.25) is 0 Å². The van der Waals surface area contributed by atoms with Crippen LogP contribution in [0.5, 0.6) is 5.75 Å². The topological polar surface area (TPSA) is 49.8 Å². The summed E-state index contributed by atoms with van der Waals surface area (Å²) in [6.45, 7) is 2.92. The standard InChI is InChI=1S/C26H28FNO3/c27-23-3-1-2-21(17-4-5-17)22(23)13-31-20-7-6-18-11-25(12-19(18)10-20)14-28(15-25)16-26(8-9-26)24(29)30/h1-3,6-7,10,17H,4-5,8-9,11-16H2,(H,29,30). The second kappa shape index (κ2) is 6.80. The van der Waals surface area contributed by atoms with Crippen LogP contribution in [0, 0.1) is 16.6 Å². The molecule has 0 amide bonds. The Bertz CT molecular complexity index is 1050. The van der Waals surface area contributed by atoms with Crippen LogP contribution in [0.4, 0.5) is 4.39 Å². The van der Waals surface area contributed by atoms with Crippen molar-refractivity contribution >= 4 is 5.97 Å². The first-order valence-corrected chi connectivity index (χ1v) is 11.4.